The molecule has 1 aliphatic rings. The number of nitrogens with one attached hydrogen (secondary N) is 2. The molecule has 2 amide bonds. The fourth-order valence-corrected chi connectivity index (χ4v) is 3.48. The highest BCUT2D eigenvalue weighted by molar-refractivity contribution is 5.93. The number of benzene rings is 1. The highest BCUT2D eigenvalue weighted by atomic mass is 19.4. The number of hydrogen-bond donors (Lipinski definition) is 2. The van der Waals surface area contributed by atoms with E-state index in [1.807, 2.05) is 0 Å². The van der Waals surface area contributed by atoms with E-state index in [2.05, 4.69) is 16.7 Å². The summed E-state index contributed by atoms with van der Waals surface area (Å²) in [5, 5.41) is 14.5. The number of carbonyl (C=O) groups is 2. The van der Waals surface area contributed by atoms with Crippen LogP contribution in [0.15, 0.2) is 24.3 Å². The van der Waals surface area contributed by atoms with E-state index in [0.29, 0.717) is 12.8 Å². The van der Waals surface area contributed by atoms with Crippen LogP contribution in [-0.4, -0.2) is 42.4 Å². The van der Waals surface area contributed by atoms with Crippen molar-refractivity contribution in [3.8, 4) is 6.07 Å². The summed E-state index contributed by atoms with van der Waals surface area (Å²) < 4.78 is 39.0. The molecule has 0 bridgehead atoms. The Balaban J connectivity index is 1.90. The maximum atomic E-state index is 13.0. The monoisotopic (exact) mass is 410 g/mol. The van der Waals surface area contributed by atoms with Gasteiger partial charge in [0.15, 0.2) is 0 Å². The van der Waals surface area contributed by atoms with Crippen molar-refractivity contribution in [2.45, 2.75) is 50.2 Å². The summed E-state index contributed by atoms with van der Waals surface area (Å²) in [5.74, 6) is -1.05. The summed E-state index contributed by atoms with van der Waals surface area (Å²) in [5.41, 5.74) is -2.15. The van der Waals surface area contributed by atoms with Gasteiger partial charge >= 0.3 is 6.18 Å². The summed E-state index contributed by atoms with van der Waals surface area (Å²) in [6.07, 6.45) is 0.383. The number of anilines is 1. The fraction of sp³-hybridized carbons (Fsp3) is 0.550. The molecule has 9 heteroatoms. The van der Waals surface area contributed by atoms with Crippen LogP contribution < -0.4 is 10.6 Å². The normalized spacial score (nSPS) is 16.6. The van der Waals surface area contributed by atoms with Gasteiger partial charge in [0, 0.05) is 0 Å². The molecule has 1 aromatic rings. The second-order valence-electron chi connectivity index (χ2n) is 7.42. The molecule has 1 fully saturated rings. The Morgan fingerprint density at radius 1 is 1.10 bits per heavy atom. The molecule has 1 aromatic carbocycles. The van der Waals surface area contributed by atoms with Gasteiger partial charge in [-0.3, -0.25) is 14.5 Å². The van der Waals surface area contributed by atoms with Crippen LogP contribution in [0, 0.1) is 11.3 Å². The highest BCUT2D eigenvalue weighted by Crippen LogP contribution is 2.34. The quantitative estimate of drug-likeness (QED) is 0.705. The molecule has 0 radical (unpaired) electrons. The number of nitrogens with zero attached hydrogens (tertiary/aromatic N) is 2. The van der Waals surface area contributed by atoms with Gasteiger partial charge in [0.2, 0.25) is 11.8 Å². The number of hydrogen-bond acceptors (Lipinski definition) is 4. The lowest BCUT2D eigenvalue weighted by molar-refractivity contribution is -0.137. The molecule has 6 nitrogen and oxygen atoms in total. The largest absolute Gasteiger partial charge is 0.418 e. The Morgan fingerprint density at radius 2 is 1.69 bits per heavy atom. The van der Waals surface area contributed by atoms with Crippen molar-refractivity contribution < 1.29 is 22.8 Å². The van der Waals surface area contributed by atoms with Crippen molar-refractivity contribution in [1.29, 1.82) is 5.26 Å². The number of alkyl halides is 3. The van der Waals surface area contributed by atoms with Gasteiger partial charge in [-0.15, -0.1) is 0 Å². The van der Waals surface area contributed by atoms with E-state index >= 15 is 0 Å². The van der Waals surface area contributed by atoms with E-state index in [1.54, 1.807) is 0 Å². The molecule has 0 heterocycles. The Hall–Kier alpha value is -2.60. The standard InChI is InChI=1S/C20H25F3N4O2/c1-27(13-18(29)26-19(14-24)10-6-2-3-7-11-19)12-17(28)25-16-9-5-4-8-15(16)20(21,22)23/h4-5,8-9H,2-3,6-7,10-13H2,1H3,(H,25,28)(H,26,29). The van der Waals surface area contributed by atoms with Crippen LogP contribution in [0.5, 0.6) is 0 Å². The molecular formula is C20H25F3N4O2. The topological polar surface area (TPSA) is 85.2 Å². The molecule has 0 spiro atoms. The van der Waals surface area contributed by atoms with Gasteiger partial charge in [-0.25, -0.2) is 0 Å². The van der Waals surface area contributed by atoms with Crippen LogP contribution in [0.25, 0.3) is 0 Å². The molecule has 1 saturated carbocycles. The first-order chi connectivity index (χ1) is 13.6. The molecular weight excluding hydrogens is 385 g/mol. The van der Waals surface area contributed by atoms with Gasteiger partial charge in [-0.05, 0) is 32.0 Å². The van der Waals surface area contributed by atoms with E-state index in [1.165, 1.54) is 30.1 Å². The van der Waals surface area contributed by atoms with Crippen LogP contribution in [0.3, 0.4) is 0 Å². The number of nitriles is 1. The lowest BCUT2D eigenvalue weighted by Crippen LogP contribution is -2.50. The molecule has 0 saturated heterocycles. The number of para-hydroxylation sites is 1. The van der Waals surface area contributed by atoms with Gasteiger partial charge in [0.25, 0.3) is 0 Å². The third-order valence-corrected chi connectivity index (χ3v) is 4.88. The van der Waals surface area contributed by atoms with Crippen LogP contribution in [-0.2, 0) is 15.8 Å². The zero-order valence-electron chi connectivity index (χ0n) is 16.3. The van der Waals surface area contributed by atoms with Crippen molar-refractivity contribution in [2.75, 3.05) is 25.5 Å². The molecule has 0 atom stereocenters. The van der Waals surface area contributed by atoms with Crippen molar-refractivity contribution in [3.05, 3.63) is 29.8 Å². The third kappa shape index (κ3) is 6.75. The van der Waals surface area contributed by atoms with Gasteiger partial charge in [-0.1, -0.05) is 37.8 Å². The van der Waals surface area contributed by atoms with Gasteiger partial charge in [0.1, 0.15) is 5.54 Å². The lowest BCUT2D eigenvalue weighted by atomic mass is 9.92. The fourth-order valence-electron chi connectivity index (χ4n) is 3.48. The molecule has 2 N–H and O–H groups in total. The van der Waals surface area contributed by atoms with Gasteiger partial charge in [-0.2, -0.15) is 18.4 Å². The first kappa shape index (κ1) is 22.7. The van der Waals surface area contributed by atoms with E-state index in [-0.39, 0.29) is 24.7 Å². The highest BCUT2D eigenvalue weighted by Gasteiger charge is 2.34. The predicted octanol–water partition coefficient (Wildman–Crippen LogP) is 3.31. The van der Waals surface area contributed by atoms with E-state index in [4.69, 9.17) is 0 Å². The first-order valence-corrected chi connectivity index (χ1v) is 9.52. The van der Waals surface area contributed by atoms with E-state index in [0.717, 1.165) is 31.7 Å². The molecule has 158 valence electrons. The summed E-state index contributed by atoms with van der Waals surface area (Å²) >= 11 is 0. The smallest absolute Gasteiger partial charge is 0.337 e. The Kier molecular flexibility index (Phi) is 7.62. The number of likely N-dealkylation sites (N-methyl/N-ethyl adjacent to an activating group) is 1. The second kappa shape index (κ2) is 9.74. The number of amides is 2. The molecule has 0 unspecified atom stereocenters. The molecule has 1 aliphatic carbocycles. The maximum Gasteiger partial charge on any atom is 0.418 e. The number of rotatable bonds is 6. The molecule has 0 aliphatic heterocycles. The zero-order chi connectivity index (χ0) is 21.5. The Labute approximate surface area is 168 Å². The second-order valence-corrected chi connectivity index (χ2v) is 7.42. The minimum Gasteiger partial charge on any atom is -0.337 e. The van der Waals surface area contributed by atoms with Gasteiger partial charge < -0.3 is 10.6 Å². The van der Waals surface area contributed by atoms with Crippen molar-refractivity contribution in [2.24, 2.45) is 0 Å². The van der Waals surface area contributed by atoms with Crippen molar-refractivity contribution in [1.82, 2.24) is 10.2 Å². The summed E-state index contributed by atoms with van der Waals surface area (Å²) in [7, 11) is 1.51. The minimum atomic E-state index is -4.58. The minimum absolute atomic E-state index is 0.141. The summed E-state index contributed by atoms with van der Waals surface area (Å²) in [6, 6.07) is 6.93. The predicted molar refractivity (Wildman–Crippen MR) is 102 cm³/mol. The van der Waals surface area contributed by atoms with Crippen LogP contribution in [0.2, 0.25) is 0 Å². The number of halogens is 3. The number of carbonyl (C=O) groups excluding carboxylic acids is 2. The lowest BCUT2D eigenvalue weighted by Gasteiger charge is -2.27. The van der Waals surface area contributed by atoms with Crippen LogP contribution >= 0.6 is 0 Å². The van der Waals surface area contributed by atoms with Gasteiger partial charge in [0.05, 0.1) is 30.4 Å². The van der Waals surface area contributed by atoms with Crippen LogP contribution in [0.4, 0.5) is 18.9 Å². The summed E-state index contributed by atoms with van der Waals surface area (Å²) in [6.45, 7) is -0.406. The Morgan fingerprint density at radius 3 is 2.28 bits per heavy atom. The van der Waals surface area contributed by atoms with Crippen LogP contribution in [0.1, 0.15) is 44.1 Å². The first-order valence-electron chi connectivity index (χ1n) is 9.52. The van der Waals surface area contributed by atoms with Crippen molar-refractivity contribution in [3.63, 3.8) is 0 Å². The maximum absolute atomic E-state index is 13.0. The van der Waals surface area contributed by atoms with E-state index in [9.17, 15) is 28.0 Å². The van der Waals surface area contributed by atoms with E-state index < -0.39 is 23.2 Å². The average Bonchev–Trinajstić information content (AvgIpc) is 2.86. The molecule has 0 aromatic heterocycles. The SMILES string of the molecule is CN(CC(=O)Nc1ccccc1C(F)(F)F)CC(=O)NC1(C#N)CCCCCC1. The van der Waals surface area contributed by atoms with Crippen molar-refractivity contribution >= 4 is 17.5 Å². The summed E-state index contributed by atoms with van der Waals surface area (Å²) in [4.78, 5) is 25.9. The third-order valence-electron chi connectivity index (χ3n) is 4.88. The zero-order valence-corrected chi connectivity index (χ0v) is 16.3. The average molecular weight is 410 g/mol. The molecule has 29 heavy (non-hydrogen) atoms. The Bertz CT molecular complexity index is 766. The molecule has 2 rings (SSSR count).